The molecule has 1 aromatic rings. The number of nitro benzene ring substituents is 1. The maximum atomic E-state index is 12.3. The van der Waals surface area contributed by atoms with Crippen molar-refractivity contribution in [1.29, 1.82) is 0 Å². The molecule has 0 amide bonds. The molecule has 0 bridgehead atoms. The Bertz CT molecular complexity index is 618. The number of nitrogens with zero attached hydrogens (tertiary/aromatic N) is 1. The Morgan fingerprint density at radius 2 is 2.00 bits per heavy atom. The molecule has 0 fully saturated rings. The Morgan fingerprint density at radius 1 is 1.43 bits per heavy atom. The maximum Gasteiger partial charge on any atom is 0.271 e. The van der Waals surface area contributed by atoms with Gasteiger partial charge in [0.15, 0.2) is 0 Å². The second-order valence-corrected chi connectivity index (χ2v) is 6.44. The number of nitrogens with two attached hydrogens (primary N) is 1. The molecule has 1 rings (SSSR count). The molecule has 0 atom stereocenters. The summed E-state index contributed by atoms with van der Waals surface area (Å²) in [5.41, 5.74) is 4.26. The SMILES string of the molecule is COc1ccc([N+](=O)[O-])cc1S(=O)(=O)NC(C)(C)CN.Cl. The summed E-state index contributed by atoms with van der Waals surface area (Å²) in [6.45, 7) is 3.28. The predicted molar refractivity (Wildman–Crippen MR) is 80.4 cm³/mol. The highest BCUT2D eigenvalue weighted by Crippen LogP contribution is 2.28. The minimum atomic E-state index is -3.99. The second kappa shape index (κ2) is 7.03. The third-order valence-corrected chi connectivity index (χ3v) is 4.29. The summed E-state index contributed by atoms with van der Waals surface area (Å²) in [6.07, 6.45) is 0. The highest BCUT2D eigenvalue weighted by molar-refractivity contribution is 7.89. The molecule has 3 N–H and O–H groups in total. The zero-order chi connectivity index (χ0) is 15.6. The zero-order valence-electron chi connectivity index (χ0n) is 11.8. The molecule has 1 aromatic carbocycles. The Hall–Kier alpha value is -1.42. The van der Waals surface area contributed by atoms with Gasteiger partial charge in [-0.25, -0.2) is 13.1 Å². The van der Waals surface area contributed by atoms with Gasteiger partial charge >= 0.3 is 0 Å². The third-order valence-electron chi connectivity index (χ3n) is 2.57. The van der Waals surface area contributed by atoms with E-state index in [1.807, 2.05) is 0 Å². The first-order chi connectivity index (χ1) is 9.13. The summed E-state index contributed by atoms with van der Waals surface area (Å²) in [4.78, 5) is 9.78. The predicted octanol–water partition coefficient (Wildman–Crippen LogP) is 1.04. The average molecular weight is 340 g/mol. The quantitative estimate of drug-likeness (QED) is 0.589. The number of halogens is 1. The van der Waals surface area contributed by atoms with E-state index in [-0.39, 0.29) is 35.3 Å². The fourth-order valence-corrected chi connectivity index (χ4v) is 3.06. The van der Waals surface area contributed by atoms with Crippen LogP contribution in [0.1, 0.15) is 13.8 Å². The average Bonchev–Trinajstić information content (AvgIpc) is 2.36. The van der Waals surface area contributed by atoms with Crippen LogP contribution in [0.5, 0.6) is 5.75 Å². The van der Waals surface area contributed by atoms with E-state index in [4.69, 9.17) is 10.5 Å². The van der Waals surface area contributed by atoms with Crippen LogP contribution < -0.4 is 15.2 Å². The number of nitrogens with one attached hydrogen (secondary N) is 1. The van der Waals surface area contributed by atoms with Crippen LogP contribution in [0.15, 0.2) is 23.1 Å². The van der Waals surface area contributed by atoms with E-state index >= 15 is 0 Å². The molecule has 8 nitrogen and oxygen atoms in total. The molecule has 0 unspecified atom stereocenters. The van der Waals surface area contributed by atoms with E-state index in [1.165, 1.54) is 19.2 Å². The molecule has 0 aliphatic carbocycles. The van der Waals surface area contributed by atoms with Crippen molar-refractivity contribution < 1.29 is 18.1 Å². The van der Waals surface area contributed by atoms with Crippen molar-refractivity contribution in [3.8, 4) is 5.75 Å². The van der Waals surface area contributed by atoms with Crippen molar-refractivity contribution in [3.63, 3.8) is 0 Å². The van der Waals surface area contributed by atoms with Crippen LogP contribution in [-0.2, 0) is 10.0 Å². The van der Waals surface area contributed by atoms with Gasteiger partial charge in [-0.05, 0) is 19.9 Å². The van der Waals surface area contributed by atoms with Gasteiger partial charge in [0, 0.05) is 24.2 Å². The highest BCUT2D eigenvalue weighted by atomic mass is 35.5. The van der Waals surface area contributed by atoms with Gasteiger partial charge in [-0.3, -0.25) is 10.1 Å². The molecule has 0 aliphatic heterocycles. The van der Waals surface area contributed by atoms with E-state index in [9.17, 15) is 18.5 Å². The first-order valence-electron chi connectivity index (χ1n) is 5.69. The minimum Gasteiger partial charge on any atom is -0.495 e. The smallest absolute Gasteiger partial charge is 0.271 e. The molecular formula is C11H18ClN3O5S. The van der Waals surface area contributed by atoms with Crippen molar-refractivity contribution in [2.45, 2.75) is 24.3 Å². The number of ether oxygens (including phenoxy) is 1. The molecule has 21 heavy (non-hydrogen) atoms. The number of nitro groups is 1. The van der Waals surface area contributed by atoms with Gasteiger partial charge in [0.1, 0.15) is 10.6 Å². The Labute approximate surface area is 129 Å². The molecular weight excluding hydrogens is 322 g/mol. The van der Waals surface area contributed by atoms with Crippen LogP contribution in [0.3, 0.4) is 0 Å². The van der Waals surface area contributed by atoms with Crippen molar-refractivity contribution in [1.82, 2.24) is 4.72 Å². The number of rotatable bonds is 6. The first kappa shape index (κ1) is 19.6. The van der Waals surface area contributed by atoms with Crippen LogP contribution in [0.2, 0.25) is 0 Å². The van der Waals surface area contributed by atoms with E-state index in [1.54, 1.807) is 13.8 Å². The molecule has 10 heteroatoms. The summed E-state index contributed by atoms with van der Waals surface area (Å²) in [5.74, 6) is 0.0240. The number of hydrogen-bond donors (Lipinski definition) is 2. The first-order valence-corrected chi connectivity index (χ1v) is 7.18. The zero-order valence-corrected chi connectivity index (χ0v) is 13.5. The molecule has 0 saturated carbocycles. The van der Waals surface area contributed by atoms with E-state index in [0.29, 0.717) is 0 Å². The van der Waals surface area contributed by atoms with Crippen LogP contribution in [0, 0.1) is 10.1 Å². The molecule has 0 spiro atoms. The minimum absolute atomic E-state index is 0. The van der Waals surface area contributed by atoms with Crippen molar-refractivity contribution in [3.05, 3.63) is 28.3 Å². The van der Waals surface area contributed by atoms with Gasteiger partial charge < -0.3 is 10.5 Å². The third kappa shape index (κ3) is 4.81. The molecule has 0 aliphatic rings. The van der Waals surface area contributed by atoms with Crippen molar-refractivity contribution in [2.24, 2.45) is 5.73 Å². The lowest BCUT2D eigenvalue weighted by molar-refractivity contribution is -0.385. The molecule has 0 heterocycles. The van der Waals surface area contributed by atoms with Crippen molar-refractivity contribution >= 4 is 28.1 Å². The van der Waals surface area contributed by atoms with Gasteiger partial charge in [-0.1, -0.05) is 0 Å². The van der Waals surface area contributed by atoms with Gasteiger partial charge in [0.2, 0.25) is 10.0 Å². The van der Waals surface area contributed by atoms with Gasteiger partial charge in [-0.15, -0.1) is 12.4 Å². The maximum absolute atomic E-state index is 12.3. The van der Waals surface area contributed by atoms with Gasteiger partial charge in [0.05, 0.1) is 12.0 Å². The fourth-order valence-electron chi connectivity index (χ4n) is 1.45. The van der Waals surface area contributed by atoms with E-state index < -0.39 is 20.5 Å². The lowest BCUT2D eigenvalue weighted by Gasteiger charge is -2.24. The molecule has 0 aromatic heterocycles. The summed E-state index contributed by atoms with van der Waals surface area (Å²) in [6, 6.07) is 3.36. The normalized spacial score (nSPS) is 11.6. The Morgan fingerprint density at radius 3 is 2.43 bits per heavy atom. The van der Waals surface area contributed by atoms with Crippen LogP contribution in [-0.4, -0.2) is 32.5 Å². The number of methoxy groups -OCH3 is 1. The van der Waals surface area contributed by atoms with Gasteiger partial charge in [-0.2, -0.15) is 0 Å². The molecule has 120 valence electrons. The number of hydrogen-bond acceptors (Lipinski definition) is 6. The lowest BCUT2D eigenvalue weighted by atomic mass is 10.1. The second-order valence-electron chi connectivity index (χ2n) is 4.79. The Balaban J connectivity index is 0.00000400. The number of non-ortho nitro benzene ring substituents is 1. The van der Waals surface area contributed by atoms with E-state index in [0.717, 1.165) is 6.07 Å². The lowest BCUT2D eigenvalue weighted by Crippen LogP contribution is -2.48. The van der Waals surface area contributed by atoms with Crippen molar-refractivity contribution in [2.75, 3.05) is 13.7 Å². The number of benzene rings is 1. The summed E-state index contributed by atoms with van der Waals surface area (Å²) < 4.78 is 31.9. The van der Waals surface area contributed by atoms with E-state index in [2.05, 4.69) is 4.72 Å². The monoisotopic (exact) mass is 339 g/mol. The topological polar surface area (TPSA) is 125 Å². The largest absolute Gasteiger partial charge is 0.495 e. The van der Waals surface area contributed by atoms with Crippen LogP contribution in [0.4, 0.5) is 5.69 Å². The van der Waals surface area contributed by atoms with Crippen LogP contribution >= 0.6 is 12.4 Å². The summed E-state index contributed by atoms with van der Waals surface area (Å²) in [7, 11) is -2.70. The van der Waals surface area contributed by atoms with Crippen LogP contribution in [0.25, 0.3) is 0 Å². The summed E-state index contributed by atoms with van der Waals surface area (Å²) >= 11 is 0. The highest BCUT2D eigenvalue weighted by Gasteiger charge is 2.29. The number of sulfonamides is 1. The molecule has 0 saturated heterocycles. The fraction of sp³-hybridized carbons (Fsp3) is 0.455. The standard InChI is InChI=1S/C11H17N3O5S.ClH/c1-11(2,7-12)13-20(17,18)10-6-8(14(15)16)4-5-9(10)19-3;/h4-6,13H,7,12H2,1-3H3;1H. The van der Waals surface area contributed by atoms with Gasteiger partial charge in [0.25, 0.3) is 5.69 Å². The Kier molecular flexibility index (Phi) is 6.55. The summed E-state index contributed by atoms with van der Waals surface area (Å²) in [5, 5.41) is 10.8. The molecule has 0 radical (unpaired) electrons.